The van der Waals surface area contributed by atoms with Gasteiger partial charge in [-0.05, 0) is 62.8 Å². The van der Waals surface area contributed by atoms with Crippen LogP contribution in [0.15, 0.2) is 24.3 Å². The summed E-state index contributed by atoms with van der Waals surface area (Å²) in [6.45, 7) is 3.22. The van der Waals surface area contributed by atoms with Gasteiger partial charge in [-0.3, -0.25) is 0 Å². The molecule has 1 N–H and O–H groups in total. The fraction of sp³-hybridized carbons (Fsp3) is 0.632. The van der Waals surface area contributed by atoms with E-state index in [1.807, 2.05) is 0 Å². The number of piperidine rings is 2. The number of rotatable bonds is 5. The second kappa shape index (κ2) is 7.82. The first-order valence-electron chi connectivity index (χ1n) is 8.93. The number of carbonyl (C=O) groups is 1. The van der Waals surface area contributed by atoms with Gasteiger partial charge in [0.25, 0.3) is 0 Å². The molecular weight excluding hydrogens is 290 g/mol. The highest BCUT2D eigenvalue weighted by molar-refractivity contribution is 5.89. The molecule has 0 bridgehead atoms. The van der Waals surface area contributed by atoms with Crippen molar-refractivity contribution in [2.45, 2.75) is 44.6 Å². The summed E-state index contributed by atoms with van der Waals surface area (Å²) < 4.78 is 10.6. The molecule has 2 heterocycles. The predicted octanol–water partition coefficient (Wildman–Crippen LogP) is 2.09. The van der Waals surface area contributed by atoms with Gasteiger partial charge in [-0.15, -0.1) is 0 Å². The molecule has 0 aliphatic carbocycles. The quantitative estimate of drug-likeness (QED) is 0.845. The standard InChI is InChI=1S/C19H27NO3/c1-22-17-9-7-16(8-10-17)19(21)23-14-11-15-5-4-13-20-12-3-2-6-18(15)20/h7-10,15,18H,2-6,11-14H2,1H3/p+1/t15-,18+/m1/s1. The van der Waals surface area contributed by atoms with Crippen LogP contribution >= 0.6 is 0 Å². The van der Waals surface area contributed by atoms with Crippen molar-refractivity contribution in [2.24, 2.45) is 5.92 Å². The molecule has 4 nitrogen and oxygen atoms in total. The van der Waals surface area contributed by atoms with Gasteiger partial charge in [0.2, 0.25) is 0 Å². The van der Waals surface area contributed by atoms with Crippen LogP contribution < -0.4 is 9.64 Å². The van der Waals surface area contributed by atoms with Gasteiger partial charge in [0.15, 0.2) is 0 Å². The maximum absolute atomic E-state index is 12.1. The Labute approximate surface area is 138 Å². The highest BCUT2D eigenvalue weighted by Crippen LogP contribution is 2.23. The number of hydrogen-bond donors (Lipinski definition) is 1. The van der Waals surface area contributed by atoms with Crippen molar-refractivity contribution < 1.29 is 19.2 Å². The van der Waals surface area contributed by atoms with Gasteiger partial charge in [0, 0.05) is 5.92 Å². The van der Waals surface area contributed by atoms with Crippen molar-refractivity contribution >= 4 is 5.97 Å². The third kappa shape index (κ3) is 4.05. The lowest BCUT2D eigenvalue weighted by Gasteiger charge is -2.41. The van der Waals surface area contributed by atoms with E-state index < -0.39 is 0 Å². The first-order chi connectivity index (χ1) is 11.3. The molecule has 0 radical (unpaired) electrons. The molecule has 1 aromatic carbocycles. The lowest BCUT2D eigenvalue weighted by molar-refractivity contribution is -0.940. The molecule has 0 spiro atoms. The Hall–Kier alpha value is -1.55. The van der Waals surface area contributed by atoms with Gasteiger partial charge in [0.1, 0.15) is 5.75 Å². The van der Waals surface area contributed by atoms with E-state index in [4.69, 9.17) is 9.47 Å². The fourth-order valence-corrected chi connectivity index (χ4v) is 4.24. The van der Waals surface area contributed by atoms with Gasteiger partial charge in [0.05, 0.1) is 38.4 Å². The topological polar surface area (TPSA) is 40.0 Å². The SMILES string of the molecule is COc1ccc(C(=O)OCC[C@H]2CCC[NH+]3CCCC[C@@H]23)cc1. The first-order valence-corrected chi connectivity index (χ1v) is 8.93. The van der Waals surface area contributed by atoms with Crippen LogP contribution in [0.4, 0.5) is 0 Å². The summed E-state index contributed by atoms with van der Waals surface area (Å²) in [4.78, 5) is 13.9. The van der Waals surface area contributed by atoms with Crippen LogP contribution in [0, 0.1) is 5.92 Å². The number of esters is 1. The number of quaternary nitrogens is 1. The zero-order chi connectivity index (χ0) is 16.1. The van der Waals surface area contributed by atoms with Crippen molar-refractivity contribution in [1.29, 1.82) is 0 Å². The van der Waals surface area contributed by atoms with Crippen LogP contribution in [0.25, 0.3) is 0 Å². The summed E-state index contributed by atoms with van der Waals surface area (Å²) in [5.41, 5.74) is 0.597. The summed E-state index contributed by atoms with van der Waals surface area (Å²) in [6.07, 6.45) is 7.74. The zero-order valence-electron chi connectivity index (χ0n) is 14.1. The highest BCUT2D eigenvalue weighted by atomic mass is 16.5. The van der Waals surface area contributed by atoms with Crippen molar-refractivity contribution in [1.82, 2.24) is 0 Å². The molecule has 0 saturated carbocycles. The minimum absolute atomic E-state index is 0.226. The van der Waals surface area contributed by atoms with Crippen molar-refractivity contribution in [3.05, 3.63) is 29.8 Å². The number of methoxy groups -OCH3 is 1. The van der Waals surface area contributed by atoms with Crippen LogP contribution in [0.3, 0.4) is 0 Å². The molecule has 3 rings (SSSR count). The molecule has 2 aliphatic rings. The molecule has 1 unspecified atom stereocenters. The smallest absolute Gasteiger partial charge is 0.338 e. The average Bonchev–Trinajstić information content (AvgIpc) is 2.62. The third-order valence-electron chi connectivity index (χ3n) is 5.48. The highest BCUT2D eigenvalue weighted by Gasteiger charge is 2.36. The Kier molecular flexibility index (Phi) is 5.55. The van der Waals surface area contributed by atoms with Gasteiger partial charge in [-0.1, -0.05) is 0 Å². The fourth-order valence-electron chi connectivity index (χ4n) is 4.24. The van der Waals surface area contributed by atoms with E-state index >= 15 is 0 Å². The summed E-state index contributed by atoms with van der Waals surface area (Å²) in [6, 6.07) is 7.91. The van der Waals surface area contributed by atoms with E-state index in [1.54, 1.807) is 36.3 Å². The minimum atomic E-state index is -0.226. The predicted molar refractivity (Wildman–Crippen MR) is 89.0 cm³/mol. The summed E-state index contributed by atoms with van der Waals surface area (Å²) in [5, 5.41) is 0. The molecule has 4 heteroatoms. The maximum atomic E-state index is 12.1. The molecule has 1 aromatic rings. The monoisotopic (exact) mass is 318 g/mol. The molecule has 0 amide bonds. The number of carbonyl (C=O) groups excluding carboxylic acids is 1. The summed E-state index contributed by atoms with van der Waals surface area (Å²) >= 11 is 0. The second-order valence-corrected chi connectivity index (χ2v) is 6.82. The summed E-state index contributed by atoms with van der Waals surface area (Å²) in [5.74, 6) is 1.25. The van der Waals surface area contributed by atoms with Gasteiger partial charge < -0.3 is 14.4 Å². The molecule has 2 aliphatic heterocycles. The minimum Gasteiger partial charge on any atom is -0.497 e. The van der Waals surface area contributed by atoms with E-state index in [2.05, 4.69) is 0 Å². The van der Waals surface area contributed by atoms with Crippen molar-refractivity contribution in [2.75, 3.05) is 26.8 Å². The number of nitrogens with one attached hydrogen (secondary N) is 1. The van der Waals surface area contributed by atoms with Gasteiger partial charge in [-0.25, -0.2) is 4.79 Å². The Bertz CT molecular complexity index is 512. The van der Waals surface area contributed by atoms with Crippen molar-refractivity contribution in [3.63, 3.8) is 0 Å². The third-order valence-corrected chi connectivity index (χ3v) is 5.48. The number of fused-ring (bicyclic) bond motifs is 1. The molecule has 23 heavy (non-hydrogen) atoms. The average molecular weight is 318 g/mol. The molecule has 0 aromatic heterocycles. The first kappa shape index (κ1) is 16.3. The van der Waals surface area contributed by atoms with Crippen LogP contribution in [-0.4, -0.2) is 38.8 Å². The Morgan fingerprint density at radius 3 is 2.70 bits per heavy atom. The number of benzene rings is 1. The Morgan fingerprint density at radius 2 is 1.91 bits per heavy atom. The summed E-state index contributed by atoms with van der Waals surface area (Å²) in [7, 11) is 1.62. The van der Waals surface area contributed by atoms with Gasteiger partial charge in [-0.2, -0.15) is 0 Å². The van der Waals surface area contributed by atoms with Gasteiger partial charge >= 0.3 is 5.97 Å². The molecule has 3 atom stereocenters. The maximum Gasteiger partial charge on any atom is 0.338 e. The van der Waals surface area contributed by atoms with Crippen LogP contribution in [0.2, 0.25) is 0 Å². The largest absolute Gasteiger partial charge is 0.497 e. The second-order valence-electron chi connectivity index (χ2n) is 6.82. The van der Waals surface area contributed by atoms with Crippen LogP contribution in [0.5, 0.6) is 5.75 Å². The van der Waals surface area contributed by atoms with E-state index in [0.717, 1.165) is 24.1 Å². The zero-order valence-corrected chi connectivity index (χ0v) is 14.1. The van der Waals surface area contributed by atoms with E-state index in [9.17, 15) is 4.79 Å². The van der Waals surface area contributed by atoms with Crippen LogP contribution in [-0.2, 0) is 4.74 Å². The molecule has 2 saturated heterocycles. The van der Waals surface area contributed by atoms with Crippen molar-refractivity contribution in [3.8, 4) is 5.75 Å². The normalized spacial score (nSPS) is 27.1. The van der Waals surface area contributed by atoms with E-state index in [0.29, 0.717) is 12.2 Å². The molecule has 126 valence electrons. The number of ether oxygens (including phenoxy) is 2. The lowest BCUT2D eigenvalue weighted by Crippen LogP contribution is -3.18. The molecular formula is C19H28NO3+. The lowest BCUT2D eigenvalue weighted by atomic mass is 9.82. The van der Waals surface area contributed by atoms with Crippen LogP contribution in [0.1, 0.15) is 48.9 Å². The Morgan fingerprint density at radius 1 is 1.13 bits per heavy atom. The van der Waals surface area contributed by atoms with E-state index in [-0.39, 0.29) is 5.97 Å². The Balaban J connectivity index is 1.47. The van der Waals surface area contributed by atoms with E-state index in [1.165, 1.54) is 45.2 Å². The molecule has 2 fully saturated rings. The number of hydrogen-bond acceptors (Lipinski definition) is 3.